The topological polar surface area (TPSA) is 30.0 Å². The summed E-state index contributed by atoms with van der Waals surface area (Å²) in [6.07, 6.45) is 1.79. The number of hydrogen-bond acceptors (Lipinski definition) is 2. The third-order valence-electron chi connectivity index (χ3n) is 2.90. The van der Waals surface area contributed by atoms with Gasteiger partial charge < -0.3 is 0 Å². The minimum atomic E-state index is -0.0314. The fourth-order valence-electron chi connectivity index (χ4n) is 1.71. The van der Waals surface area contributed by atoms with Gasteiger partial charge >= 0.3 is 0 Å². The number of rotatable bonds is 2. The van der Waals surface area contributed by atoms with Gasteiger partial charge in [0.05, 0.1) is 0 Å². The van der Waals surface area contributed by atoms with Gasteiger partial charge in [-0.15, -0.1) is 0 Å². The van der Waals surface area contributed by atoms with Gasteiger partial charge in [0.25, 0.3) is 0 Å². The van der Waals surface area contributed by atoms with E-state index in [1.54, 1.807) is 12.3 Å². The van der Waals surface area contributed by atoms with E-state index in [0.29, 0.717) is 11.3 Å². The molecule has 1 aromatic carbocycles. The molecule has 2 heteroatoms. The molecule has 0 radical (unpaired) electrons. The summed E-state index contributed by atoms with van der Waals surface area (Å²) in [6.45, 7) is 6.38. The third-order valence-corrected chi connectivity index (χ3v) is 2.90. The van der Waals surface area contributed by atoms with E-state index < -0.39 is 0 Å². The van der Waals surface area contributed by atoms with Crippen molar-refractivity contribution in [3.8, 4) is 0 Å². The first-order chi connectivity index (χ1) is 8.48. The smallest absolute Gasteiger partial charge is 0.211 e. The molecule has 1 aromatic heterocycles. The second kappa shape index (κ2) is 4.73. The Hall–Kier alpha value is -1.96. The number of aromatic nitrogens is 1. The van der Waals surface area contributed by atoms with Gasteiger partial charge in [-0.2, -0.15) is 0 Å². The summed E-state index contributed by atoms with van der Waals surface area (Å²) in [5.74, 6) is -0.0314. The van der Waals surface area contributed by atoms with E-state index in [0.717, 1.165) is 5.56 Å². The van der Waals surface area contributed by atoms with E-state index in [4.69, 9.17) is 0 Å². The molecule has 0 aliphatic rings. The SMILES string of the molecule is CC(C)(C)c1ccc(C(=O)c2ccccc2)nc1. The van der Waals surface area contributed by atoms with E-state index in [-0.39, 0.29) is 11.2 Å². The molecular weight excluding hydrogens is 222 g/mol. The van der Waals surface area contributed by atoms with Gasteiger partial charge in [-0.3, -0.25) is 9.78 Å². The van der Waals surface area contributed by atoms with Crippen LogP contribution in [0.1, 0.15) is 42.4 Å². The van der Waals surface area contributed by atoms with Crippen molar-refractivity contribution in [2.75, 3.05) is 0 Å². The molecule has 2 rings (SSSR count). The van der Waals surface area contributed by atoms with Crippen LogP contribution in [-0.2, 0) is 5.41 Å². The van der Waals surface area contributed by atoms with Gasteiger partial charge in [-0.25, -0.2) is 0 Å². The van der Waals surface area contributed by atoms with E-state index in [2.05, 4.69) is 25.8 Å². The zero-order valence-corrected chi connectivity index (χ0v) is 11.0. The fraction of sp³-hybridized carbons (Fsp3) is 0.250. The lowest BCUT2D eigenvalue weighted by Gasteiger charge is -2.18. The molecule has 0 fully saturated rings. The molecule has 18 heavy (non-hydrogen) atoms. The van der Waals surface area contributed by atoms with E-state index in [1.165, 1.54) is 0 Å². The Morgan fingerprint density at radius 3 is 2.17 bits per heavy atom. The van der Waals surface area contributed by atoms with Crippen molar-refractivity contribution in [2.45, 2.75) is 26.2 Å². The maximum atomic E-state index is 12.1. The van der Waals surface area contributed by atoms with Crippen LogP contribution in [0.2, 0.25) is 0 Å². The number of benzene rings is 1. The van der Waals surface area contributed by atoms with E-state index in [1.807, 2.05) is 36.4 Å². The van der Waals surface area contributed by atoms with Crippen molar-refractivity contribution in [2.24, 2.45) is 0 Å². The average molecular weight is 239 g/mol. The van der Waals surface area contributed by atoms with Crippen molar-refractivity contribution in [1.29, 1.82) is 0 Å². The molecule has 0 aliphatic heterocycles. The molecule has 0 bridgehead atoms. The number of pyridine rings is 1. The molecule has 0 atom stereocenters. The molecular formula is C16H17NO. The van der Waals surface area contributed by atoms with Gasteiger partial charge in [-0.1, -0.05) is 57.2 Å². The van der Waals surface area contributed by atoms with Crippen molar-refractivity contribution >= 4 is 5.78 Å². The highest BCUT2D eigenvalue weighted by Crippen LogP contribution is 2.21. The number of ketones is 1. The standard InChI is InChI=1S/C16H17NO/c1-16(2,3)13-9-10-14(17-11-13)15(18)12-7-5-4-6-8-12/h4-11H,1-3H3. The van der Waals surface area contributed by atoms with Crippen LogP contribution in [0.25, 0.3) is 0 Å². The summed E-state index contributed by atoms with van der Waals surface area (Å²) in [5, 5.41) is 0. The Balaban J connectivity index is 2.28. The molecule has 92 valence electrons. The number of hydrogen-bond donors (Lipinski definition) is 0. The highest BCUT2D eigenvalue weighted by Gasteiger charge is 2.15. The van der Waals surface area contributed by atoms with Crippen LogP contribution in [-0.4, -0.2) is 10.8 Å². The minimum absolute atomic E-state index is 0.0314. The van der Waals surface area contributed by atoms with Gasteiger partial charge in [0.15, 0.2) is 0 Å². The lowest BCUT2D eigenvalue weighted by Crippen LogP contribution is -2.12. The zero-order chi connectivity index (χ0) is 13.2. The molecule has 0 N–H and O–H groups in total. The van der Waals surface area contributed by atoms with Crippen LogP contribution in [0.4, 0.5) is 0 Å². The average Bonchev–Trinajstić information content (AvgIpc) is 2.38. The van der Waals surface area contributed by atoms with Crippen molar-refractivity contribution in [1.82, 2.24) is 4.98 Å². The molecule has 0 saturated heterocycles. The quantitative estimate of drug-likeness (QED) is 0.749. The number of carbonyl (C=O) groups is 1. The first-order valence-corrected chi connectivity index (χ1v) is 6.05. The lowest BCUT2D eigenvalue weighted by atomic mass is 9.88. The van der Waals surface area contributed by atoms with Gasteiger partial charge in [0.2, 0.25) is 5.78 Å². The molecule has 2 nitrogen and oxygen atoms in total. The summed E-state index contributed by atoms with van der Waals surface area (Å²) in [6, 6.07) is 13.0. The van der Waals surface area contributed by atoms with Crippen LogP contribution in [0.3, 0.4) is 0 Å². The molecule has 0 amide bonds. The molecule has 0 saturated carbocycles. The summed E-state index contributed by atoms with van der Waals surface area (Å²) >= 11 is 0. The summed E-state index contributed by atoms with van der Waals surface area (Å²) in [4.78, 5) is 16.4. The van der Waals surface area contributed by atoms with E-state index >= 15 is 0 Å². The third kappa shape index (κ3) is 2.65. The summed E-state index contributed by atoms with van der Waals surface area (Å²) < 4.78 is 0. The molecule has 0 unspecified atom stereocenters. The molecule has 1 heterocycles. The highest BCUT2D eigenvalue weighted by molar-refractivity contribution is 6.07. The summed E-state index contributed by atoms with van der Waals surface area (Å²) in [5.41, 5.74) is 2.36. The molecule has 2 aromatic rings. The van der Waals surface area contributed by atoms with Crippen LogP contribution in [0.5, 0.6) is 0 Å². The first kappa shape index (κ1) is 12.5. The lowest BCUT2D eigenvalue weighted by molar-refractivity contribution is 0.103. The summed E-state index contributed by atoms with van der Waals surface area (Å²) in [7, 11) is 0. The van der Waals surface area contributed by atoms with E-state index in [9.17, 15) is 4.79 Å². The monoisotopic (exact) mass is 239 g/mol. The molecule has 0 aliphatic carbocycles. The Morgan fingerprint density at radius 1 is 1.00 bits per heavy atom. The number of nitrogens with zero attached hydrogens (tertiary/aromatic N) is 1. The van der Waals surface area contributed by atoms with Gasteiger partial charge in [-0.05, 0) is 17.0 Å². The Kier molecular flexibility index (Phi) is 3.28. The second-order valence-corrected chi connectivity index (χ2v) is 5.38. The van der Waals surface area contributed by atoms with Crippen LogP contribution in [0.15, 0.2) is 48.7 Å². The zero-order valence-electron chi connectivity index (χ0n) is 11.0. The van der Waals surface area contributed by atoms with Crippen molar-refractivity contribution < 1.29 is 4.79 Å². The maximum absolute atomic E-state index is 12.1. The molecule has 0 spiro atoms. The first-order valence-electron chi connectivity index (χ1n) is 6.05. The highest BCUT2D eigenvalue weighted by atomic mass is 16.1. The van der Waals surface area contributed by atoms with Crippen molar-refractivity contribution in [3.63, 3.8) is 0 Å². The normalized spacial score (nSPS) is 11.3. The van der Waals surface area contributed by atoms with Crippen LogP contribution < -0.4 is 0 Å². The van der Waals surface area contributed by atoms with Crippen LogP contribution >= 0.6 is 0 Å². The predicted molar refractivity (Wildman–Crippen MR) is 72.8 cm³/mol. The van der Waals surface area contributed by atoms with Crippen LogP contribution in [0, 0.1) is 0 Å². The Morgan fingerprint density at radius 2 is 1.67 bits per heavy atom. The second-order valence-electron chi connectivity index (χ2n) is 5.38. The van der Waals surface area contributed by atoms with Gasteiger partial charge in [0.1, 0.15) is 5.69 Å². The fourth-order valence-corrected chi connectivity index (χ4v) is 1.71. The maximum Gasteiger partial charge on any atom is 0.211 e. The van der Waals surface area contributed by atoms with Gasteiger partial charge in [0, 0.05) is 11.8 Å². The largest absolute Gasteiger partial charge is 0.287 e. The minimum Gasteiger partial charge on any atom is -0.287 e. The number of carbonyl (C=O) groups excluding carboxylic acids is 1. The Bertz CT molecular complexity index is 536. The Labute approximate surface area is 108 Å². The predicted octanol–water partition coefficient (Wildman–Crippen LogP) is 3.61. The van der Waals surface area contributed by atoms with Crippen molar-refractivity contribution in [3.05, 3.63) is 65.5 Å².